The molecule has 3 atom stereocenters. The maximum absolute atomic E-state index is 11.2. The van der Waals surface area contributed by atoms with Crippen LogP contribution in [0.5, 0.6) is 0 Å². The normalized spacial score (nSPS) is 31.2. The summed E-state index contributed by atoms with van der Waals surface area (Å²) in [5.74, 6) is -0.726. The van der Waals surface area contributed by atoms with Crippen LogP contribution in [0.2, 0.25) is 0 Å². The topological polar surface area (TPSA) is 61.8 Å². The highest BCUT2D eigenvalue weighted by Gasteiger charge is 2.29. The predicted octanol–water partition coefficient (Wildman–Crippen LogP) is 0.691. The highest BCUT2D eigenvalue weighted by atomic mass is 16.5. The molecule has 0 aromatic carbocycles. The van der Waals surface area contributed by atoms with E-state index in [0.29, 0.717) is 12.5 Å². The molecule has 2 rings (SSSR count). The molecule has 18 heavy (non-hydrogen) atoms. The average Bonchev–Trinajstić information content (AvgIpc) is 3.06. The summed E-state index contributed by atoms with van der Waals surface area (Å²) in [6.07, 6.45) is 3.40. The Labute approximate surface area is 108 Å². The molecular weight excluding hydrogens is 232 g/mol. The summed E-state index contributed by atoms with van der Waals surface area (Å²) in [7, 11) is 0. The van der Waals surface area contributed by atoms with Crippen LogP contribution in [-0.2, 0) is 9.53 Å². The third-order valence-corrected chi connectivity index (χ3v) is 3.54. The minimum absolute atomic E-state index is 0.244. The highest BCUT2D eigenvalue weighted by Crippen LogP contribution is 2.20. The van der Waals surface area contributed by atoms with Gasteiger partial charge in [0.2, 0.25) is 0 Å². The molecule has 5 heteroatoms. The summed E-state index contributed by atoms with van der Waals surface area (Å²) in [5, 5.41) is 12.4. The molecule has 0 aromatic heterocycles. The van der Waals surface area contributed by atoms with Gasteiger partial charge in [0.05, 0.1) is 12.2 Å². The van der Waals surface area contributed by atoms with E-state index in [2.05, 4.69) is 24.1 Å². The molecule has 2 N–H and O–H groups in total. The van der Waals surface area contributed by atoms with Gasteiger partial charge in [0.25, 0.3) is 0 Å². The van der Waals surface area contributed by atoms with Crippen LogP contribution < -0.4 is 5.32 Å². The number of hydrogen-bond acceptors (Lipinski definition) is 4. The molecule has 0 radical (unpaired) electrons. The Hall–Kier alpha value is -0.650. The van der Waals surface area contributed by atoms with E-state index < -0.39 is 12.0 Å². The van der Waals surface area contributed by atoms with Crippen molar-refractivity contribution in [2.45, 2.75) is 57.4 Å². The van der Waals surface area contributed by atoms with E-state index in [4.69, 9.17) is 4.74 Å². The molecule has 3 unspecified atom stereocenters. The quantitative estimate of drug-likeness (QED) is 0.732. The average molecular weight is 256 g/mol. The maximum atomic E-state index is 11.2. The lowest BCUT2D eigenvalue weighted by molar-refractivity contribution is -0.140. The number of hydrogen-bond donors (Lipinski definition) is 2. The van der Waals surface area contributed by atoms with E-state index in [0.717, 1.165) is 32.5 Å². The number of carbonyl (C=O) groups is 1. The first-order valence-electron chi connectivity index (χ1n) is 6.91. The summed E-state index contributed by atoms with van der Waals surface area (Å²) >= 11 is 0. The molecule has 2 fully saturated rings. The van der Waals surface area contributed by atoms with E-state index in [1.54, 1.807) is 0 Å². The minimum atomic E-state index is -0.726. The molecular formula is C13H24N2O3. The van der Waals surface area contributed by atoms with Gasteiger partial charge in [-0.25, -0.2) is 0 Å². The molecule has 1 saturated carbocycles. The Balaban J connectivity index is 1.75. The summed E-state index contributed by atoms with van der Waals surface area (Å²) < 4.78 is 5.67. The smallest absolute Gasteiger partial charge is 0.320 e. The van der Waals surface area contributed by atoms with E-state index in [1.165, 1.54) is 0 Å². The van der Waals surface area contributed by atoms with Crippen LogP contribution in [0.4, 0.5) is 0 Å². The number of nitrogens with one attached hydrogen (secondary N) is 1. The van der Waals surface area contributed by atoms with Gasteiger partial charge in [0.1, 0.15) is 6.04 Å². The molecule has 2 aliphatic rings. The van der Waals surface area contributed by atoms with E-state index in [9.17, 15) is 9.90 Å². The lowest BCUT2D eigenvalue weighted by Crippen LogP contribution is -2.48. The van der Waals surface area contributed by atoms with Gasteiger partial charge in [-0.1, -0.05) is 0 Å². The van der Waals surface area contributed by atoms with Gasteiger partial charge in [-0.2, -0.15) is 0 Å². The third-order valence-electron chi connectivity index (χ3n) is 3.54. The van der Waals surface area contributed by atoms with Gasteiger partial charge in [-0.3, -0.25) is 9.69 Å². The van der Waals surface area contributed by atoms with Crippen molar-refractivity contribution in [3.8, 4) is 0 Å². The van der Waals surface area contributed by atoms with Crippen molar-refractivity contribution < 1.29 is 14.6 Å². The van der Waals surface area contributed by atoms with Gasteiger partial charge in [0.15, 0.2) is 0 Å². The van der Waals surface area contributed by atoms with Crippen molar-refractivity contribution in [3.63, 3.8) is 0 Å². The second-order valence-electron chi connectivity index (χ2n) is 5.64. The van der Waals surface area contributed by atoms with Crippen LogP contribution in [0.15, 0.2) is 0 Å². The molecule has 1 aliphatic carbocycles. The third kappa shape index (κ3) is 4.23. The number of ether oxygens (including phenoxy) is 1. The largest absolute Gasteiger partial charge is 0.480 e. The van der Waals surface area contributed by atoms with E-state index in [1.807, 2.05) is 0 Å². The highest BCUT2D eigenvalue weighted by molar-refractivity contribution is 5.73. The van der Waals surface area contributed by atoms with Gasteiger partial charge < -0.3 is 15.2 Å². The molecule has 1 saturated heterocycles. The van der Waals surface area contributed by atoms with Crippen LogP contribution >= 0.6 is 0 Å². The zero-order chi connectivity index (χ0) is 13.1. The van der Waals surface area contributed by atoms with Crippen molar-refractivity contribution >= 4 is 5.97 Å². The number of nitrogens with zero attached hydrogens (tertiary/aromatic N) is 1. The summed E-state index contributed by atoms with van der Waals surface area (Å²) in [6.45, 7) is 6.77. The lowest BCUT2D eigenvalue weighted by atomic mass is 10.1. The van der Waals surface area contributed by atoms with Crippen LogP contribution in [-0.4, -0.2) is 59.9 Å². The fourth-order valence-corrected chi connectivity index (χ4v) is 2.59. The summed E-state index contributed by atoms with van der Waals surface area (Å²) in [5.41, 5.74) is 0. The molecule has 0 bridgehead atoms. The molecule has 1 heterocycles. The standard InChI is InChI=1S/C13H24N2O3/c1-9-7-15(8-10(2)18-9)6-5-12(13(16)17)14-11-3-4-11/h9-12,14H,3-8H2,1-2H3,(H,16,17). The summed E-state index contributed by atoms with van der Waals surface area (Å²) in [4.78, 5) is 13.5. The van der Waals surface area contributed by atoms with Gasteiger partial charge in [-0.15, -0.1) is 0 Å². The van der Waals surface area contributed by atoms with Gasteiger partial charge >= 0.3 is 5.97 Å². The number of carboxylic acid groups (broad SMARTS) is 1. The maximum Gasteiger partial charge on any atom is 0.320 e. The zero-order valence-corrected chi connectivity index (χ0v) is 11.3. The summed E-state index contributed by atoms with van der Waals surface area (Å²) in [6, 6.07) is 0.0413. The first-order chi connectivity index (χ1) is 8.54. The first kappa shape index (κ1) is 13.8. The molecule has 0 aromatic rings. The number of aliphatic carboxylic acids is 1. The fourth-order valence-electron chi connectivity index (χ4n) is 2.59. The van der Waals surface area contributed by atoms with Crippen LogP contribution in [0.1, 0.15) is 33.1 Å². The SMILES string of the molecule is CC1CN(CCC(NC2CC2)C(=O)O)CC(C)O1. The molecule has 0 amide bonds. The van der Waals surface area contributed by atoms with Crippen LogP contribution in [0, 0.1) is 0 Å². The number of rotatable bonds is 6. The second kappa shape index (κ2) is 5.99. The zero-order valence-electron chi connectivity index (χ0n) is 11.3. The van der Waals surface area contributed by atoms with Crippen molar-refractivity contribution in [3.05, 3.63) is 0 Å². The van der Waals surface area contributed by atoms with Crippen molar-refractivity contribution in [2.24, 2.45) is 0 Å². The lowest BCUT2D eigenvalue weighted by Gasteiger charge is -2.35. The number of carboxylic acids is 1. The van der Waals surface area contributed by atoms with Crippen LogP contribution in [0.3, 0.4) is 0 Å². The van der Waals surface area contributed by atoms with Crippen LogP contribution in [0.25, 0.3) is 0 Å². The predicted molar refractivity (Wildman–Crippen MR) is 68.6 cm³/mol. The van der Waals surface area contributed by atoms with E-state index >= 15 is 0 Å². The van der Waals surface area contributed by atoms with Gasteiger partial charge in [-0.05, 0) is 33.1 Å². The second-order valence-corrected chi connectivity index (χ2v) is 5.64. The van der Waals surface area contributed by atoms with Crippen molar-refractivity contribution in [1.29, 1.82) is 0 Å². The van der Waals surface area contributed by atoms with Crippen molar-refractivity contribution in [1.82, 2.24) is 10.2 Å². The Morgan fingerprint density at radius 1 is 1.39 bits per heavy atom. The molecule has 1 aliphatic heterocycles. The Morgan fingerprint density at radius 2 is 2.00 bits per heavy atom. The Kier molecular flexibility index (Phi) is 4.59. The van der Waals surface area contributed by atoms with E-state index in [-0.39, 0.29) is 12.2 Å². The van der Waals surface area contributed by atoms with Gasteiger partial charge in [0, 0.05) is 25.7 Å². The molecule has 0 spiro atoms. The van der Waals surface area contributed by atoms with Crippen molar-refractivity contribution in [2.75, 3.05) is 19.6 Å². The fraction of sp³-hybridized carbons (Fsp3) is 0.923. The molecule has 104 valence electrons. The Morgan fingerprint density at radius 3 is 2.50 bits per heavy atom. The first-order valence-corrected chi connectivity index (χ1v) is 6.91. The minimum Gasteiger partial charge on any atom is -0.480 e. The molecule has 5 nitrogen and oxygen atoms in total. The number of morpholine rings is 1. The Bertz CT molecular complexity index is 284. The monoisotopic (exact) mass is 256 g/mol.